The highest BCUT2D eigenvalue weighted by molar-refractivity contribution is 5.87. The minimum absolute atomic E-state index is 0.0838. The van der Waals surface area contributed by atoms with Crippen molar-refractivity contribution in [3.63, 3.8) is 0 Å². The van der Waals surface area contributed by atoms with Gasteiger partial charge in [0.15, 0.2) is 0 Å². The molecule has 0 saturated carbocycles. The van der Waals surface area contributed by atoms with Crippen LogP contribution in [-0.4, -0.2) is 19.0 Å². The average Bonchev–Trinajstić information content (AvgIpc) is 2.69. The van der Waals surface area contributed by atoms with Crippen LogP contribution in [0.1, 0.15) is 39.3 Å². The summed E-state index contributed by atoms with van der Waals surface area (Å²) in [7, 11) is 0. The first kappa shape index (κ1) is 21.5. The molecule has 28 heavy (non-hydrogen) atoms. The Bertz CT molecular complexity index is 908. The second-order valence-electron chi connectivity index (χ2n) is 7.47. The van der Waals surface area contributed by atoms with Crippen molar-refractivity contribution < 1.29 is 4.79 Å². The lowest BCUT2D eigenvalue weighted by molar-refractivity contribution is -0.116. The second kappa shape index (κ2) is 10.5. The third-order valence-corrected chi connectivity index (χ3v) is 4.47. The van der Waals surface area contributed by atoms with Crippen LogP contribution in [0.5, 0.6) is 0 Å². The molecule has 0 aliphatic rings. The van der Waals surface area contributed by atoms with Crippen LogP contribution in [0.2, 0.25) is 0 Å². The molecule has 2 N–H and O–H groups in total. The predicted molar refractivity (Wildman–Crippen MR) is 119 cm³/mol. The number of allylic oxidation sites excluding steroid dienone is 2. The third kappa shape index (κ3) is 6.72. The third-order valence-electron chi connectivity index (χ3n) is 4.47. The first-order valence-corrected chi connectivity index (χ1v) is 9.72. The number of amides is 1. The van der Waals surface area contributed by atoms with Crippen LogP contribution in [0, 0.1) is 17.3 Å². The molecule has 3 nitrogen and oxygen atoms in total. The summed E-state index contributed by atoms with van der Waals surface area (Å²) in [5.74, 6) is 6.20. The normalized spacial score (nSPS) is 12.9. The quantitative estimate of drug-likeness (QED) is 0.541. The van der Waals surface area contributed by atoms with Crippen LogP contribution in [0.3, 0.4) is 0 Å². The summed E-state index contributed by atoms with van der Waals surface area (Å²) >= 11 is 0. The molecule has 0 aliphatic carbocycles. The van der Waals surface area contributed by atoms with Gasteiger partial charge in [-0.25, -0.2) is 0 Å². The monoisotopic (exact) mass is 374 g/mol. The Kier molecular flexibility index (Phi) is 8.04. The van der Waals surface area contributed by atoms with E-state index in [1.165, 1.54) is 22.4 Å². The van der Waals surface area contributed by atoms with Gasteiger partial charge >= 0.3 is 0 Å². The molecule has 0 aliphatic heterocycles. The molecule has 1 amide bonds. The minimum Gasteiger partial charge on any atom is -0.351 e. The number of benzene rings is 2. The van der Waals surface area contributed by atoms with E-state index >= 15 is 0 Å². The van der Waals surface area contributed by atoms with Crippen LogP contribution < -0.4 is 10.6 Å². The Morgan fingerprint density at radius 3 is 2.71 bits per heavy atom. The summed E-state index contributed by atoms with van der Waals surface area (Å²) in [6.07, 6.45) is 7.15. The van der Waals surface area contributed by atoms with Gasteiger partial charge in [0.2, 0.25) is 5.91 Å². The number of nitrogens with one attached hydrogen (secondary N) is 2. The second-order valence-corrected chi connectivity index (χ2v) is 7.47. The van der Waals surface area contributed by atoms with Gasteiger partial charge in [-0.15, -0.1) is 0 Å². The topological polar surface area (TPSA) is 41.1 Å². The average molecular weight is 375 g/mol. The number of rotatable bonds is 7. The summed E-state index contributed by atoms with van der Waals surface area (Å²) in [6, 6.07) is 15.1. The molecule has 0 saturated heterocycles. The van der Waals surface area contributed by atoms with E-state index in [1.54, 1.807) is 6.08 Å². The van der Waals surface area contributed by atoms with Crippen molar-refractivity contribution in [2.45, 2.75) is 33.7 Å². The molecule has 0 radical (unpaired) electrons. The van der Waals surface area contributed by atoms with Gasteiger partial charge in [0.05, 0.1) is 0 Å². The lowest BCUT2D eigenvalue weighted by Crippen LogP contribution is -2.32. The maximum Gasteiger partial charge on any atom is 0.243 e. The van der Waals surface area contributed by atoms with E-state index in [2.05, 4.69) is 71.9 Å². The first-order chi connectivity index (χ1) is 13.4. The largest absolute Gasteiger partial charge is 0.351 e. The fourth-order valence-corrected chi connectivity index (χ4v) is 2.90. The Morgan fingerprint density at radius 1 is 1.18 bits per heavy atom. The van der Waals surface area contributed by atoms with Gasteiger partial charge in [-0.1, -0.05) is 66.5 Å². The zero-order chi connectivity index (χ0) is 20.4. The Hall–Kier alpha value is -2.83. The minimum atomic E-state index is -0.273. The van der Waals surface area contributed by atoms with Crippen LogP contribution in [0.25, 0.3) is 10.8 Å². The molecule has 2 rings (SSSR count). The van der Waals surface area contributed by atoms with E-state index in [0.29, 0.717) is 6.54 Å². The zero-order valence-corrected chi connectivity index (χ0v) is 17.3. The summed E-state index contributed by atoms with van der Waals surface area (Å²) in [6.45, 7) is 9.31. The van der Waals surface area contributed by atoms with Gasteiger partial charge in [-0.05, 0) is 56.2 Å². The van der Waals surface area contributed by atoms with E-state index in [0.717, 1.165) is 6.54 Å². The molecular weight excluding hydrogens is 344 g/mol. The van der Waals surface area contributed by atoms with Crippen molar-refractivity contribution in [1.82, 2.24) is 10.6 Å². The Balaban J connectivity index is 1.85. The van der Waals surface area contributed by atoms with Crippen molar-refractivity contribution in [3.05, 3.63) is 72.3 Å². The number of fused-ring (bicyclic) bond motifs is 1. The highest BCUT2D eigenvalue weighted by atomic mass is 16.1. The van der Waals surface area contributed by atoms with Crippen molar-refractivity contribution in [3.8, 4) is 11.8 Å². The number of carbonyl (C=O) groups excluding carboxylic acids is 1. The SMILES string of the molecule is CC=CC(=O)NCC(C)(C)C#CC=CCN[C@H](C)c1cccc2ccccc12. The van der Waals surface area contributed by atoms with Crippen LogP contribution >= 0.6 is 0 Å². The standard InChI is InChI=1S/C25H30N2O/c1-5-12-24(28)27-19-25(3,4)17-9-6-10-18-26-20(2)22-16-11-14-21-13-7-8-15-23(21)22/h5-8,10-16,20,26H,18-19H2,1-4H3,(H,27,28)/t20-/m1/s1. The lowest BCUT2D eigenvalue weighted by atomic mass is 9.94. The maximum atomic E-state index is 11.5. The van der Waals surface area contributed by atoms with E-state index in [1.807, 2.05) is 32.9 Å². The van der Waals surface area contributed by atoms with Gasteiger partial charge in [-0.2, -0.15) is 0 Å². The number of hydrogen-bond donors (Lipinski definition) is 2. The predicted octanol–water partition coefficient (Wildman–Crippen LogP) is 4.77. The molecular formula is C25H30N2O. The highest BCUT2D eigenvalue weighted by Crippen LogP contribution is 2.23. The van der Waals surface area contributed by atoms with Gasteiger partial charge in [0, 0.05) is 24.5 Å². The smallest absolute Gasteiger partial charge is 0.243 e. The van der Waals surface area contributed by atoms with Crippen molar-refractivity contribution >= 4 is 16.7 Å². The fraction of sp³-hybridized carbons (Fsp3) is 0.320. The summed E-state index contributed by atoms with van der Waals surface area (Å²) < 4.78 is 0. The maximum absolute atomic E-state index is 11.5. The van der Waals surface area contributed by atoms with Crippen LogP contribution in [0.15, 0.2) is 66.8 Å². The fourth-order valence-electron chi connectivity index (χ4n) is 2.90. The molecule has 1 atom stereocenters. The molecule has 0 heterocycles. The van der Waals surface area contributed by atoms with E-state index in [4.69, 9.17) is 0 Å². The molecule has 3 heteroatoms. The number of carbonyl (C=O) groups is 1. The molecule has 0 spiro atoms. The van der Waals surface area contributed by atoms with Gasteiger partial charge in [-0.3, -0.25) is 4.79 Å². The van der Waals surface area contributed by atoms with Crippen LogP contribution in [-0.2, 0) is 4.79 Å². The molecule has 0 fully saturated rings. The van der Waals surface area contributed by atoms with Gasteiger partial charge in [0.1, 0.15) is 0 Å². The summed E-state index contributed by atoms with van der Waals surface area (Å²) in [5.41, 5.74) is 1.03. The zero-order valence-electron chi connectivity index (χ0n) is 17.3. The highest BCUT2D eigenvalue weighted by Gasteiger charge is 2.14. The van der Waals surface area contributed by atoms with Crippen LogP contribution in [0.4, 0.5) is 0 Å². The molecule has 0 aromatic heterocycles. The van der Waals surface area contributed by atoms with E-state index in [-0.39, 0.29) is 17.4 Å². The van der Waals surface area contributed by atoms with Crippen molar-refractivity contribution in [2.24, 2.45) is 5.41 Å². The Labute approximate surface area is 168 Å². The molecule has 0 unspecified atom stereocenters. The molecule has 146 valence electrons. The lowest BCUT2D eigenvalue weighted by Gasteiger charge is -2.17. The Morgan fingerprint density at radius 2 is 1.93 bits per heavy atom. The van der Waals surface area contributed by atoms with Gasteiger partial charge in [0.25, 0.3) is 0 Å². The molecule has 2 aromatic rings. The summed E-state index contributed by atoms with van der Waals surface area (Å²) in [4.78, 5) is 11.5. The van der Waals surface area contributed by atoms with E-state index in [9.17, 15) is 4.79 Å². The van der Waals surface area contributed by atoms with Gasteiger partial charge < -0.3 is 10.6 Å². The molecule has 0 bridgehead atoms. The van der Waals surface area contributed by atoms with Crippen molar-refractivity contribution in [2.75, 3.05) is 13.1 Å². The first-order valence-electron chi connectivity index (χ1n) is 9.72. The number of hydrogen-bond acceptors (Lipinski definition) is 2. The van der Waals surface area contributed by atoms with Crippen molar-refractivity contribution in [1.29, 1.82) is 0 Å². The molecule has 2 aromatic carbocycles. The van der Waals surface area contributed by atoms with E-state index < -0.39 is 0 Å². The summed E-state index contributed by atoms with van der Waals surface area (Å²) in [5, 5.41) is 8.93.